The highest BCUT2D eigenvalue weighted by molar-refractivity contribution is 7.99. The molecule has 0 radical (unpaired) electrons. The van der Waals surface area contributed by atoms with Crippen LogP contribution in [0.25, 0.3) is 16.6 Å². The summed E-state index contributed by atoms with van der Waals surface area (Å²) < 4.78 is 1.50. The van der Waals surface area contributed by atoms with Gasteiger partial charge in [0.25, 0.3) is 17.2 Å². The van der Waals surface area contributed by atoms with E-state index in [2.05, 4.69) is 15.5 Å². The number of carbonyl (C=O) groups is 1. The zero-order chi connectivity index (χ0) is 24.1. The van der Waals surface area contributed by atoms with E-state index in [-0.39, 0.29) is 22.9 Å². The second kappa shape index (κ2) is 10.1. The molecule has 0 fully saturated rings. The maximum Gasteiger partial charge on any atom is 0.269 e. The van der Waals surface area contributed by atoms with Gasteiger partial charge in [-0.15, -0.1) is 0 Å². The number of hydrogen-bond acceptors (Lipinski definition) is 7. The topological polar surface area (TPSA) is 119 Å². The number of hydrogen-bond donors (Lipinski definition) is 1. The summed E-state index contributed by atoms with van der Waals surface area (Å²) in [6.07, 6.45) is 1.39. The summed E-state index contributed by atoms with van der Waals surface area (Å²) in [5, 5.41) is 15.5. The van der Waals surface area contributed by atoms with Gasteiger partial charge in [-0.2, -0.15) is 5.10 Å². The third-order valence-corrected chi connectivity index (χ3v) is 5.81. The number of non-ortho nitro benzene ring substituents is 1. The number of benzene rings is 3. The van der Waals surface area contributed by atoms with E-state index in [1.54, 1.807) is 24.3 Å². The fourth-order valence-electron chi connectivity index (χ4n) is 3.15. The molecule has 4 rings (SSSR count). The molecule has 1 N–H and O–H groups in total. The molecule has 0 saturated heterocycles. The molecule has 0 aliphatic rings. The summed E-state index contributed by atoms with van der Waals surface area (Å²) in [4.78, 5) is 40.4. The number of carbonyl (C=O) groups excluding carboxylic acids is 1. The first kappa shape index (κ1) is 22.9. The van der Waals surface area contributed by atoms with Gasteiger partial charge in [0.05, 0.1) is 33.5 Å². The minimum Gasteiger partial charge on any atom is -0.272 e. The van der Waals surface area contributed by atoms with E-state index >= 15 is 0 Å². The Labute approximate surface area is 198 Å². The number of nitrogens with zero attached hydrogens (tertiary/aromatic N) is 4. The number of thioether (sulfide) groups is 1. The van der Waals surface area contributed by atoms with Gasteiger partial charge in [0.15, 0.2) is 5.16 Å². The van der Waals surface area contributed by atoms with Crippen LogP contribution >= 0.6 is 11.8 Å². The van der Waals surface area contributed by atoms with Crippen LogP contribution in [0.15, 0.2) is 87.8 Å². The number of rotatable bonds is 7. The van der Waals surface area contributed by atoms with Crippen LogP contribution in [-0.4, -0.2) is 32.3 Å². The summed E-state index contributed by atoms with van der Waals surface area (Å²) in [5.41, 5.74) is 5.05. The third kappa shape index (κ3) is 5.18. The van der Waals surface area contributed by atoms with Crippen LogP contribution in [0.3, 0.4) is 0 Å². The maximum atomic E-state index is 13.2. The highest BCUT2D eigenvalue weighted by Crippen LogP contribution is 2.21. The van der Waals surface area contributed by atoms with Gasteiger partial charge in [0, 0.05) is 12.1 Å². The predicted molar refractivity (Wildman–Crippen MR) is 132 cm³/mol. The summed E-state index contributed by atoms with van der Waals surface area (Å²) in [5.74, 6) is -0.408. The number of aromatic nitrogens is 2. The summed E-state index contributed by atoms with van der Waals surface area (Å²) in [6, 6.07) is 20.3. The average molecular weight is 474 g/mol. The van der Waals surface area contributed by atoms with Crippen molar-refractivity contribution in [1.82, 2.24) is 15.0 Å². The van der Waals surface area contributed by atoms with Gasteiger partial charge in [0.1, 0.15) is 0 Å². The molecule has 170 valence electrons. The zero-order valence-electron chi connectivity index (χ0n) is 18.0. The fraction of sp³-hybridized carbons (Fsp3) is 0.0833. The molecule has 1 amide bonds. The number of nitro groups is 1. The molecule has 10 heteroatoms. The van der Waals surface area contributed by atoms with Gasteiger partial charge in [-0.05, 0) is 48.9 Å². The number of nitrogens with one attached hydrogen (secondary N) is 1. The number of aryl methyl sites for hydroxylation is 1. The molecule has 9 nitrogen and oxygen atoms in total. The van der Waals surface area contributed by atoms with Crippen molar-refractivity contribution in [1.29, 1.82) is 0 Å². The quantitative estimate of drug-likeness (QED) is 0.143. The third-order valence-electron chi connectivity index (χ3n) is 4.88. The van der Waals surface area contributed by atoms with Crippen molar-refractivity contribution in [2.45, 2.75) is 12.1 Å². The lowest BCUT2D eigenvalue weighted by atomic mass is 10.2. The molecule has 1 heterocycles. The van der Waals surface area contributed by atoms with Crippen molar-refractivity contribution in [3.05, 3.63) is 104 Å². The predicted octanol–water partition coefficient (Wildman–Crippen LogP) is 3.84. The highest BCUT2D eigenvalue weighted by atomic mass is 32.2. The van der Waals surface area contributed by atoms with Crippen molar-refractivity contribution in [3.63, 3.8) is 0 Å². The van der Waals surface area contributed by atoms with E-state index in [9.17, 15) is 19.7 Å². The SMILES string of the molecule is Cc1ccc(-n2c(SCC(=O)N/N=C\c3ccc([N+](=O)[O-])cc3)nc3ccccc3c2=O)cc1. The van der Waals surface area contributed by atoms with E-state index < -0.39 is 4.92 Å². The van der Waals surface area contributed by atoms with E-state index in [0.717, 1.165) is 17.3 Å². The van der Waals surface area contributed by atoms with E-state index in [1.807, 2.05) is 31.2 Å². The Morgan fingerprint density at radius 3 is 2.53 bits per heavy atom. The largest absolute Gasteiger partial charge is 0.272 e. The monoisotopic (exact) mass is 473 g/mol. The molecule has 34 heavy (non-hydrogen) atoms. The highest BCUT2D eigenvalue weighted by Gasteiger charge is 2.14. The molecule has 0 saturated carbocycles. The Bertz CT molecular complexity index is 1450. The van der Waals surface area contributed by atoms with Gasteiger partial charge in [-0.25, -0.2) is 10.4 Å². The molecule has 0 atom stereocenters. The smallest absolute Gasteiger partial charge is 0.269 e. The minimum atomic E-state index is -0.489. The van der Waals surface area contributed by atoms with Gasteiger partial charge < -0.3 is 0 Å². The number of para-hydroxylation sites is 1. The van der Waals surface area contributed by atoms with Crippen LogP contribution in [0, 0.1) is 17.0 Å². The first-order valence-corrected chi connectivity index (χ1v) is 11.2. The Morgan fingerprint density at radius 1 is 1.12 bits per heavy atom. The molecule has 0 aliphatic carbocycles. The Balaban J connectivity index is 1.51. The van der Waals surface area contributed by atoms with Crippen LogP contribution in [0.4, 0.5) is 5.69 Å². The standard InChI is InChI=1S/C24H19N5O4S/c1-16-6-10-18(11-7-16)28-23(31)20-4-2-3-5-21(20)26-24(28)34-15-22(30)27-25-14-17-8-12-19(13-9-17)29(32)33/h2-14H,15H2,1H3,(H,27,30)/b25-14-. The van der Waals surface area contributed by atoms with Crippen LogP contribution in [-0.2, 0) is 4.79 Å². The van der Waals surface area contributed by atoms with Crippen LogP contribution in [0.2, 0.25) is 0 Å². The van der Waals surface area contributed by atoms with Crippen molar-refractivity contribution >= 4 is 40.5 Å². The summed E-state index contributed by atoms with van der Waals surface area (Å²) in [7, 11) is 0. The van der Waals surface area contributed by atoms with Gasteiger partial charge in [-0.1, -0.05) is 41.6 Å². The molecule has 4 aromatic rings. The number of fused-ring (bicyclic) bond motifs is 1. The average Bonchev–Trinajstić information content (AvgIpc) is 2.84. The van der Waals surface area contributed by atoms with Crippen LogP contribution in [0.5, 0.6) is 0 Å². The maximum absolute atomic E-state index is 13.2. The lowest BCUT2D eigenvalue weighted by Gasteiger charge is -2.13. The first-order valence-electron chi connectivity index (χ1n) is 10.2. The molecule has 3 aromatic carbocycles. The molecule has 0 aliphatic heterocycles. The van der Waals surface area contributed by atoms with Crippen molar-refractivity contribution in [3.8, 4) is 5.69 Å². The summed E-state index contributed by atoms with van der Waals surface area (Å²) in [6.45, 7) is 1.96. The Morgan fingerprint density at radius 2 is 1.82 bits per heavy atom. The van der Waals surface area contributed by atoms with Crippen LogP contribution < -0.4 is 11.0 Å². The molecule has 0 unspecified atom stereocenters. The zero-order valence-corrected chi connectivity index (χ0v) is 18.9. The summed E-state index contributed by atoms with van der Waals surface area (Å²) >= 11 is 1.13. The lowest BCUT2D eigenvalue weighted by Crippen LogP contribution is -2.24. The normalized spacial score (nSPS) is 11.1. The van der Waals surface area contributed by atoms with Crippen LogP contribution in [0.1, 0.15) is 11.1 Å². The van der Waals surface area contributed by atoms with Gasteiger partial charge in [0.2, 0.25) is 0 Å². The number of nitro benzene ring substituents is 1. The van der Waals surface area contributed by atoms with Crippen molar-refractivity contribution in [2.75, 3.05) is 5.75 Å². The number of amides is 1. The second-order valence-corrected chi connectivity index (χ2v) is 8.26. The van der Waals surface area contributed by atoms with Gasteiger partial charge >= 0.3 is 0 Å². The number of hydrazone groups is 1. The molecular formula is C24H19N5O4S. The Hall–Kier alpha value is -4.31. The first-order chi connectivity index (χ1) is 16.4. The van der Waals surface area contributed by atoms with E-state index in [1.165, 1.54) is 35.0 Å². The molecule has 1 aromatic heterocycles. The fourth-order valence-corrected chi connectivity index (χ4v) is 3.96. The molecule has 0 bridgehead atoms. The minimum absolute atomic E-state index is 0.0196. The molecule has 0 spiro atoms. The van der Waals surface area contributed by atoms with Crippen molar-refractivity contribution in [2.24, 2.45) is 5.10 Å². The van der Waals surface area contributed by atoms with Gasteiger partial charge in [-0.3, -0.25) is 24.3 Å². The van der Waals surface area contributed by atoms with E-state index in [4.69, 9.17) is 0 Å². The van der Waals surface area contributed by atoms with E-state index in [0.29, 0.717) is 27.3 Å². The Kier molecular flexibility index (Phi) is 6.79. The van der Waals surface area contributed by atoms with Crippen molar-refractivity contribution < 1.29 is 9.72 Å². The molecular weight excluding hydrogens is 454 g/mol. The lowest BCUT2D eigenvalue weighted by molar-refractivity contribution is -0.384. The second-order valence-electron chi connectivity index (χ2n) is 7.32.